The largest absolute Gasteiger partial charge is 0.335 e. The molecule has 0 bridgehead atoms. The van der Waals surface area contributed by atoms with Gasteiger partial charge in [0.1, 0.15) is 5.57 Å². The van der Waals surface area contributed by atoms with Crippen LogP contribution in [-0.4, -0.2) is 22.4 Å². The fourth-order valence-corrected chi connectivity index (χ4v) is 3.69. The zero-order chi connectivity index (χ0) is 22.3. The first-order chi connectivity index (χ1) is 14.8. The summed E-state index contributed by atoms with van der Waals surface area (Å²) in [6.07, 6.45) is 3.24. The Balaban J connectivity index is 1.78. The van der Waals surface area contributed by atoms with E-state index >= 15 is 0 Å². The molecule has 1 fully saturated rings. The number of imide groups is 2. The van der Waals surface area contributed by atoms with E-state index in [4.69, 9.17) is 23.2 Å². The Morgan fingerprint density at radius 1 is 0.935 bits per heavy atom. The zero-order valence-corrected chi connectivity index (χ0v) is 18.2. The van der Waals surface area contributed by atoms with Crippen LogP contribution in [0.15, 0.2) is 60.3 Å². The molecule has 2 heterocycles. The summed E-state index contributed by atoms with van der Waals surface area (Å²) in [6, 6.07) is 13.2. The van der Waals surface area contributed by atoms with E-state index in [0.29, 0.717) is 27.0 Å². The maximum absolute atomic E-state index is 13.2. The maximum atomic E-state index is 13.2. The summed E-state index contributed by atoms with van der Waals surface area (Å²) in [7, 11) is 0. The highest BCUT2D eigenvalue weighted by Gasteiger charge is 2.37. The van der Waals surface area contributed by atoms with Crippen molar-refractivity contribution < 1.29 is 14.4 Å². The molecule has 31 heavy (non-hydrogen) atoms. The van der Waals surface area contributed by atoms with Crippen LogP contribution >= 0.6 is 23.2 Å². The Kier molecular flexibility index (Phi) is 5.43. The third-order valence-electron chi connectivity index (χ3n) is 5.09. The summed E-state index contributed by atoms with van der Waals surface area (Å²) in [6.45, 7) is 3.60. The number of carbonyl (C=O) groups is 3. The third-order valence-corrected chi connectivity index (χ3v) is 5.90. The van der Waals surface area contributed by atoms with E-state index in [1.165, 1.54) is 6.08 Å². The number of hydrogen-bond donors (Lipinski definition) is 1. The second-order valence-corrected chi connectivity index (χ2v) is 7.89. The quantitative estimate of drug-likeness (QED) is 0.444. The molecule has 0 unspecified atom stereocenters. The van der Waals surface area contributed by atoms with Gasteiger partial charge in [-0.3, -0.25) is 14.9 Å². The van der Waals surface area contributed by atoms with E-state index in [1.54, 1.807) is 54.1 Å². The molecule has 0 saturated carbocycles. The fraction of sp³-hybridized carbons (Fsp3) is 0.0870. The molecule has 1 N–H and O–H groups in total. The van der Waals surface area contributed by atoms with Gasteiger partial charge in [-0.1, -0.05) is 35.3 Å². The maximum Gasteiger partial charge on any atom is 0.335 e. The van der Waals surface area contributed by atoms with Gasteiger partial charge >= 0.3 is 6.03 Å². The van der Waals surface area contributed by atoms with Crippen molar-refractivity contribution in [1.82, 2.24) is 9.88 Å². The molecule has 8 heteroatoms. The van der Waals surface area contributed by atoms with Gasteiger partial charge in [0.15, 0.2) is 0 Å². The number of barbiturate groups is 1. The van der Waals surface area contributed by atoms with Crippen molar-refractivity contribution in [3.05, 3.63) is 87.2 Å². The normalized spacial score (nSPS) is 15.5. The van der Waals surface area contributed by atoms with Gasteiger partial charge in [-0.25, -0.2) is 9.69 Å². The number of aromatic nitrogens is 1. The van der Waals surface area contributed by atoms with E-state index in [-0.39, 0.29) is 5.57 Å². The van der Waals surface area contributed by atoms with Gasteiger partial charge in [0.05, 0.1) is 5.69 Å². The minimum Gasteiger partial charge on any atom is -0.317 e. The topological polar surface area (TPSA) is 71.4 Å². The van der Waals surface area contributed by atoms with E-state index in [0.717, 1.165) is 16.2 Å². The average molecular weight is 454 g/mol. The van der Waals surface area contributed by atoms with Crippen LogP contribution in [0.1, 0.15) is 16.8 Å². The Morgan fingerprint density at radius 2 is 1.71 bits per heavy atom. The molecule has 0 radical (unpaired) electrons. The average Bonchev–Trinajstić information content (AvgIpc) is 3.18. The molecule has 1 aromatic heterocycles. The number of amides is 4. The van der Waals surface area contributed by atoms with Crippen LogP contribution in [0.4, 0.5) is 10.5 Å². The molecule has 0 atom stereocenters. The molecule has 4 amide bonds. The summed E-state index contributed by atoms with van der Waals surface area (Å²) in [5.41, 5.74) is 2.99. The van der Waals surface area contributed by atoms with Crippen LogP contribution in [0.2, 0.25) is 10.0 Å². The highest BCUT2D eigenvalue weighted by Crippen LogP contribution is 2.30. The second-order valence-electron chi connectivity index (χ2n) is 7.08. The van der Waals surface area contributed by atoms with Crippen molar-refractivity contribution in [2.75, 3.05) is 4.90 Å². The predicted molar refractivity (Wildman–Crippen MR) is 121 cm³/mol. The number of urea groups is 1. The number of rotatable bonds is 3. The molecule has 0 aliphatic carbocycles. The van der Waals surface area contributed by atoms with Crippen LogP contribution in [0, 0.1) is 13.8 Å². The lowest BCUT2D eigenvalue weighted by molar-refractivity contribution is -0.122. The number of nitrogens with zero attached hydrogens (tertiary/aromatic N) is 2. The summed E-state index contributed by atoms with van der Waals surface area (Å²) >= 11 is 12.4. The van der Waals surface area contributed by atoms with Crippen LogP contribution in [-0.2, 0) is 9.59 Å². The summed E-state index contributed by atoms with van der Waals surface area (Å²) in [5, 5.41) is 3.24. The molecule has 156 valence electrons. The van der Waals surface area contributed by atoms with Crippen molar-refractivity contribution in [2.45, 2.75) is 13.8 Å². The number of benzene rings is 2. The van der Waals surface area contributed by atoms with E-state index in [1.807, 2.05) is 19.1 Å². The van der Waals surface area contributed by atoms with Gasteiger partial charge in [-0.2, -0.15) is 0 Å². The number of anilines is 1. The van der Waals surface area contributed by atoms with Crippen LogP contribution in [0.5, 0.6) is 0 Å². The highest BCUT2D eigenvalue weighted by atomic mass is 35.5. The molecule has 2 aromatic carbocycles. The molecule has 1 aliphatic rings. The summed E-state index contributed by atoms with van der Waals surface area (Å²) < 4.78 is 1.80. The lowest BCUT2D eigenvalue weighted by Crippen LogP contribution is -2.54. The van der Waals surface area contributed by atoms with Crippen LogP contribution < -0.4 is 10.2 Å². The van der Waals surface area contributed by atoms with E-state index in [2.05, 4.69) is 5.32 Å². The van der Waals surface area contributed by atoms with E-state index < -0.39 is 17.8 Å². The zero-order valence-electron chi connectivity index (χ0n) is 16.6. The van der Waals surface area contributed by atoms with Gasteiger partial charge in [0.25, 0.3) is 11.8 Å². The molecule has 3 aromatic rings. The van der Waals surface area contributed by atoms with Crippen molar-refractivity contribution in [3.8, 4) is 5.69 Å². The number of nitrogens with one attached hydrogen (secondary N) is 1. The molecular weight excluding hydrogens is 437 g/mol. The first-order valence-corrected chi connectivity index (χ1v) is 10.1. The van der Waals surface area contributed by atoms with E-state index in [9.17, 15) is 14.4 Å². The Bertz CT molecular complexity index is 1280. The molecular formula is C23H17Cl2N3O3. The lowest BCUT2D eigenvalue weighted by atomic mass is 10.1. The Morgan fingerprint density at radius 3 is 2.45 bits per heavy atom. The fourth-order valence-electron chi connectivity index (χ4n) is 3.34. The van der Waals surface area contributed by atoms with Gasteiger partial charge in [-0.15, -0.1) is 0 Å². The number of halogens is 2. The summed E-state index contributed by atoms with van der Waals surface area (Å²) in [4.78, 5) is 39.1. The smallest absolute Gasteiger partial charge is 0.317 e. The second kappa shape index (κ2) is 8.06. The van der Waals surface area contributed by atoms with Gasteiger partial charge in [0.2, 0.25) is 0 Å². The van der Waals surface area contributed by atoms with Crippen molar-refractivity contribution in [1.29, 1.82) is 0 Å². The molecule has 4 rings (SSSR count). The predicted octanol–water partition coefficient (Wildman–Crippen LogP) is 5.07. The molecule has 0 spiro atoms. The van der Waals surface area contributed by atoms with Crippen molar-refractivity contribution in [2.24, 2.45) is 0 Å². The van der Waals surface area contributed by atoms with Gasteiger partial charge in [0, 0.05) is 27.6 Å². The number of aryl methyl sites for hydroxylation is 1. The monoisotopic (exact) mass is 453 g/mol. The Hall–Kier alpha value is -3.35. The number of carbonyl (C=O) groups excluding carboxylic acids is 3. The molecule has 1 aliphatic heterocycles. The Labute approximate surface area is 188 Å². The van der Waals surface area contributed by atoms with Crippen LogP contribution in [0.3, 0.4) is 0 Å². The minimum atomic E-state index is -0.821. The van der Waals surface area contributed by atoms with Crippen molar-refractivity contribution in [3.63, 3.8) is 0 Å². The van der Waals surface area contributed by atoms with Gasteiger partial charge < -0.3 is 4.57 Å². The third kappa shape index (κ3) is 3.76. The van der Waals surface area contributed by atoms with Gasteiger partial charge in [-0.05, 0) is 67.4 Å². The standard InChI is InChI=1S/C23H17Cl2N3O3/c1-13-8-9-16(12-19(13)25)27-10-4-5-15(27)11-17-21(29)26-23(31)28(22(17)30)20-7-3-6-18(24)14(20)2/h3-12H,1-2H3,(H,26,29,31)/b17-11+. The minimum absolute atomic E-state index is 0.169. The molecule has 1 saturated heterocycles. The SMILES string of the molecule is Cc1ccc(-n2cccc2/C=C2\C(=O)NC(=O)N(c3cccc(Cl)c3C)C2=O)cc1Cl. The first-order valence-electron chi connectivity index (χ1n) is 9.38. The van der Waals surface area contributed by atoms with Crippen LogP contribution in [0.25, 0.3) is 11.8 Å². The molecule has 6 nitrogen and oxygen atoms in total. The number of hydrogen-bond acceptors (Lipinski definition) is 3. The highest BCUT2D eigenvalue weighted by molar-refractivity contribution is 6.40. The summed E-state index contributed by atoms with van der Waals surface area (Å²) in [5.74, 6) is -1.49. The van der Waals surface area contributed by atoms with Crippen molar-refractivity contribution >= 4 is 52.8 Å². The first kappa shape index (κ1) is 20.9. The lowest BCUT2D eigenvalue weighted by Gasteiger charge is -2.27.